The Bertz CT molecular complexity index is 528. The Balaban J connectivity index is 2.16. The van der Waals surface area contributed by atoms with Gasteiger partial charge in [-0.3, -0.25) is 0 Å². The van der Waals surface area contributed by atoms with Gasteiger partial charge in [-0.2, -0.15) is 5.10 Å². The molecule has 0 spiro atoms. The minimum Gasteiger partial charge on any atom is -0.396 e. The van der Waals surface area contributed by atoms with Gasteiger partial charge in [-0.05, 0) is 12.8 Å². The summed E-state index contributed by atoms with van der Waals surface area (Å²) in [4.78, 5) is 4.34. The normalized spacial score (nSPS) is 17.3. The molecule has 1 aliphatic carbocycles. The van der Waals surface area contributed by atoms with Gasteiger partial charge >= 0.3 is 0 Å². The van der Waals surface area contributed by atoms with Crippen molar-refractivity contribution in [1.82, 2.24) is 14.8 Å². The van der Waals surface area contributed by atoms with Crippen LogP contribution in [0, 0.1) is 0 Å². The van der Waals surface area contributed by atoms with Crippen molar-refractivity contribution in [3.63, 3.8) is 0 Å². The zero-order chi connectivity index (χ0) is 11.1. The van der Waals surface area contributed by atoms with E-state index in [1.807, 2.05) is 4.68 Å². The Morgan fingerprint density at radius 2 is 2.06 bits per heavy atom. The smallest absolute Gasteiger partial charge is 0.159 e. The second-order valence-electron chi connectivity index (χ2n) is 4.29. The molecule has 0 radical (unpaired) electrons. The average Bonchev–Trinajstić information content (AvgIpc) is 2.91. The lowest BCUT2D eigenvalue weighted by molar-refractivity contribution is 0.478. The number of anilines is 1. The van der Waals surface area contributed by atoms with Gasteiger partial charge < -0.3 is 5.73 Å². The molecule has 2 aromatic heterocycles. The number of halogens is 1. The molecule has 0 unspecified atom stereocenters. The van der Waals surface area contributed by atoms with E-state index >= 15 is 0 Å². The Hall–Kier alpha value is -1.29. The summed E-state index contributed by atoms with van der Waals surface area (Å²) in [6.45, 7) is 0. The fourth-order valence-electron chi connectivity index (χ4n) is 2.40. The molecule has 3 rings (SSSR count). The molecule has 1 saturated carbocycles. The van der Waals surface area contributed by atoms with Crippen LogP contribution < -0.4 is 5.73 Å². The number of aromatic nitrogens is 3. The summed E-state index contributed by atoms with van der Waals surface area (Å²) in [5, 5.41) is 5.81. The average molecular weight is 237 g/mol. The highest BCUT2D eigenvalue weighted by atomic mass is 35.5. The molecular formula is C11H13ClN4. The van der Waals surface area contributed by atoms with E-state index < -0.39 is 0 Å². The highest BCUT2D eigenvalue weighted by Gasteiger charge is 2.21. The van der Waals surface area contributed by atoms with Gasteiger partial charge in [0.25, 0.3) is 0 Å². The number of hydrogen-bond donors (Lipinski definition) is 1. The van der Waals surface area contributed by atoms with Gasteiger partial charge in [0.05, 0.1) is 34.5 Å². The number of rotatable bonds is 1. The molecule has 16 heavy (non-hydrogen) atoms. The first-order valence-corrected chi connectivity index (χ1v) is 5.92. The molecule has 0 bridgehead atoms. The maximum absolute atomic E-state index is 6.13. The van der Waals surface area contributed by atoms with E-state index in [2.05, 4.69) is 10.1 Å². The van der Waals surface area contributed by atoms with Crippen molar-refractivity contribution in [2.24, 2.45) is 0 Å². The van der Waals surface area contributed by atoms with Crippen molar-refractivity contribution in [2.75, 3.05) is 5.73 Å². The van der Waals surface area contributed by atoms with Gasteiger partial charge in [0.1, 0.15) is 0 Å². The third-order valence-corrected chi connectivity index (χ3v) is 3.68. The largest absolute Gasteiger partial charge is 0.396 e. The van der Waals surface area contributed by atoms with Crippen LogP contribution in [0.5, 0.6) is 0 Å². The predicted octanol–water partition coefficient (Wildman–Crippen LogP) is 2.78. The quantitative estimate of drug-likeness (QED) is 0.828. The molecule has 0 saturated heterocycles. The minimum atomic E-state index is 0.477. The monoisotopic (exact) mass is 236 g/mol. The Morgan fingerprint density at radius 3 is 2.81 bits per heavy atom. The van der Waals surface area contributed by atoms with Crippen LogP contribution in [0.25, 0.3) is 11.0 Å². The second-order valence-corrected chi connectivity index (χ2v) is 4.67. The van der Waals surface area contributed by atoms with Gasteiger partial charge in [-0.1, -0.05) is 24.4 Å². The molecule has 5 heteroatoms. The number of hydrogen-bond acceptors (Lipinski definition) is 3. The van der Waals surface area contributed by atoms with Crippen LogP contribution in [0.3, 0.4) is 0 Å². The molecule has 1 fully saturated rings. The van der Waals surface area contributed by atoms with E-state index in [0.29, 0.717) is 16.8 Å². The van der Waals surface area contributed by atoms with Crippen molar-refractivity contribution in [3.05, 3.63) is 17.4 Å². The molecule has 84 valence electrons. The van der Waals surface area contributed by atoms with E-state index in [1.54, 1.807) is 12.4 Å². The van der Waals surface area contributed by atoms with Crippen molar-refractivity contribution in [3.8, 4) is 0 Å². The van der Waals surface area contributed by atoms with E-state index in [9.17, 15) is 0 Å². The molecule has 0 aromatic carbocycles. The Kier molecular flexibility index (Phi) is 2.24. The first-order chi connectivity index (χ1) is 7.77. The van der Waals surface area contributed by atoms with Gasteiger partial charge in [-0.25, -0.2) is 9.67 Å². The topological polar surface area (TPSA) is 56.7 Å². The third kappa shape index (κ3) is 1.37. The molecule has 4 nitrogen and oxygen atoms in total. The minimum absolute atomic E-state index is 0.477. The lowest BCUT2D eigenvalue weighted by Crippen LogP contribution is -2.07. The van der Waals surface area contributed by atoms with Crippen LogP contribution >= 0.6 is 11.6 Å². The van der Waals surface area contributed by atoms with Gasteiger partial charge in [0.15, 0.2) is 5.65 Å². The summed E-state index contributed by atoms with van der Waals surface area (Å²) in [6, 6.07) is 0.477. The zero-order valence-electron chi connectivity index (χ0n) is 8.86. The van der Waals surface area contributed by atoms with Crippen LogP contribution in [-0.2, 0) is 0 Å². The summed E-state index contributed by atoms with van der Waals surface area (Å²) in [7, 11) is 0. The third-order valence-electron chi connectivity index (χ3n) is 3.26. The summed E-state index contributed by atoms with van der Waals surface area (Å²) in [6.07, 6.45) is 8.28. The number of pyridine rings is 1. The fourth-order valence-corrected chi connectivity index (χ4v) is 2.58. The van der Waals surface area contributed by atoms with Gasteiger partial charge in [0, 0.05) is 0 Å². The highest BCUT2D eigenvalue weighted by molar-refractivity contribution is 6.37. The SMILES string of the molecule is Nc1cnc2c(cnn2C2CCCC2)c1Cl. The Labute approximate surface area is 98.4 Å². The van der Waals surface area contributed by atoms with Crippen molar-refractivity contribution < 1.29 is 0 Å². The van der Waals surface area contributed by atoms with Gasteiger partial charge in [0.2, 0.25) is 0 Å². The molecular weight excluding hydrogens is 224 g/mol. The van der Waals surface area contributed by atoms with Crippen molar-refractivity contribution in [1.29, 1.82) is 0 Å². The lowest BCUT2D eigenvalue weighted by atomic mass is 10.2. The number of fused-ring (bicyclic) bond motifs is 1. The predicted molar refractivity (Wildman–Crippen MR) is 64.5 cm³/mol. The van der Waals surface area contributed by atoms with E-state index in [0.717, 1.165) is 11.0 Å². The molecule has 2 N–H and O–H groups in total. The van der Waals surface area contributed by atoms with E-state index in [4.69, 9.17) is 17.3 Å². The highest BCUT2D eigenvalue weighted by Crippen LogP contribution is 2.33. The summed E-state index contributed by atoms with van der Waals surface area (Å²) in [5.41, 5.74) is 7.08. The fraction of sp³-hybridized carbons (Fsp3) is 0.455. The first-order valence-electron chi connectivity index (χ1n) is 5.54. The van der Waals surface area contributed by atoms with Crippen LogP contribution in [-0.4, -0.2) is 14.8 Å². The van der Waals surface area contributed by atoms with Crippen LogP contribution in [0.2, 0.25) is 5.02 Å². The molecule has 0 amide bonds. The zero-order valence-corrected chi connectivity index (χ0v) is 9.61. The maximum Gasteiger partial charge on any atom is 0.159 e. The number of nitrogen functional groups attached to an aromatic ring is 1. The van der Waals surface area contributed by atoms with Crippen LogP contribution in [0.15, 0.2) is 12.4 Å². The molecule has 0 atom stereocenters. The molecule has 2 heterocycles. The number of nitrogens with zero attached hydrogens (tertiary/aromatic N) is 3. The molecule has 1 aliphatic rings. The van der Waals surface area contributed by atoms with Crippen molar-refractivity contribution in [2.45, 2.75) is 31.7 Å². The maximum atomic E-state index is 6.13. The van der Waals surface area contributed by atoms with E-state index in [-0.39, 0.29) is 0 Å². The van der Waals surface area contributed by atoms with E-state index in [1.165, 1.54) is 25.7 Å². The number of nitrogens with two attached hydrogens (primary N) is 1. The lowest BCUT2D eigenvalue weighted by Gasteiger charge is -2.10. The van der Waals surface area contributed by atoms with Crippen LogP contribution in [0.4, 0.5) is 5.69 Å². The molecule has 0 aliphatic heterocycles. The second kappa shape index (κ2) is 3.63. The van der Waals surface area contributed by atoms with Crippen LogP contribution in [0.1, 0.15) is 31.7 Å². The Morgan fingerprint density at radius 1 is 1.31 bits per heavy atom. The van der Waals surface area contributed by atoms with Crippen molar-refractivity contribution >= 4 is 28.3 Å². The summed E-state index contributed by atoms with van der Waals surface area (Å²) in [5.74, 6) is 0. The summed E-state index contributed by atoms with van der Waals surface area (Å²) < 4.78 is 1.99. The molecule has 2 aromatic rings. The standard InChI is InChI=1S/C11H13ClN4/c12-10-8-5-15-16(7-3-1-2-4-7)11(8)14-6-9(10)13/h5-7H,1-4,13H2. The van der Waals surface area contributed by atoms with Gasteiger partial charge in [-0.15, -0.1) is 0 Å². The summed E-state index contributed by atoms with van der Waals surface area (Å²) >= 11 is 6.13. The first kappa shape index (κ1) is 9.90.